The number of carbonyl (C=O) groups is 1. The van der Waals surface area contributed by atoms with Crippen LogP contribution >= 0.6 is 0 Å². The first kappa shape index (κ1) is 21.7. The number of aromatic nitrogens is 2. The van der Waals surface area contributed by atoms with Gasteiger partial charge in [0.05, 0.1) is 25.5 Å². The number of benzene rings is 2. The van der Waals surface area contributed by atoms with E-state index in [2.05, 4.69) is 0 Å². The Morgan fingerprint density at radius 2 is 1.76 bits per heavy atom. The third-order valence-corrected chi connectivity index (χ3v) is 6.10. The van der Waals surface area contributed by atoms with Crippen LogP contribution in [0.5, 0.6) is 11.5 Å². The number of amides is 1. The highest BCUT2D eigenvalue weighted by Gasteiger charge is 2.21. The second-order valence-corrected chi connectivity index (χ2v) is 8.09. The van der Waals surface area contributed by atoms with Gasteiger partial charge >= 0.3 is 0 Å². The first-order chi connectivity index (χ1) is 16.6. The molecule has 4 aromatic rings. The molecule has 2 aromatic carbocycles. The molecule has 0 atom stereocenters. The fraction of sp³-hybridized carbons (Fsp3) is 0.185. The number of hydrogen-bond donors (Lipinski definition) is 0. The molecule has 0 saturated carbocycles. The van der Waals surface area contributed by atoms with Crippen LogP contribution in [0.4, 0.5) is 4.39 Å². The Balaban J connectivity index is 1.37. The third-order valence-electron chi connectivity index (χ3n) is 6.10. The molecule has 5 rings (SSSR count). The zero-order valence-electron chi connectivity index (χ0n) is 19.0. The van der Waals surface area contributed by atoms with Crippen LogP contribution in [-0.2, 0) is 0 Å². The molecule has 1 amide bonds. The molecule has 0 spiro atoms. The molecule has 2 aromatic heterocycles. The molecule has 0 fully saturated rings. The van der Waals surface area contributed by atoms with E-state index >= 15 is 0 Å². The number of carbonyl (C=O) groups excluding carboxylic acids is 1. The average Bonchev–Trinajstić information content (AvgIpc) is 3.32. The van der Waals surface area contributed by atoms with Crippen LogP contribution in [0.3, 0.4) is 0 Å². The molecular formula is C27H24FN3O3. The van der Waals surface area contributed by atoms with Gasteiger partial charge in [-0.3, -0.25) is 4.79 Å². The topological polar surface area (TPSA) is 56.1 Å². The van der Waals surface area contributed by atoms with Gasteiger partial charge in [-0.25, -0.2) is 9.37 Å². The summed E-state index contributed by atoms with van der Waals surface area (Å²) in [5, 5.41) is 0. The number of ether oxygens (including phenoxy) is 2. The molecule has 1 aliphatic heterocycles. The molecule has 0 N–H and O–H groups in total. The minimum atomic E-state index is -0.488. The van der Waals surface area contributed by atoms with Crippen molar-refractivity contribution in [2.24, 2.45) is 0 Å². The van der Waals surface area contributed by atoms with Gasteiger partial charge in [0.15, 0.2) is 11.5 Å². The second-order valence-electron chi connectivity index (χ2n) is 8.09. The predicted octanol–water partition coefficient (Wildman–Crippen LogP) is 5.09. The number of halogens is 1. The van der Waals surface area contributed by atoms with Crippen molar-refractivity contribution in [3.63, 3.8) is 0 Å². The Hall–Kier alpha value is -4.13. The molecule has 6 nitrogen and oxygen atoms in total. The Morgan fingerprint density at radius 1 is 0.971 bits per heavy atom. The van der Waals surface area contributed by atoms with Crippen molar-refractivity contribution >= 4 is 17.1 Å². The summed E-state index contributed by atoms with van der Waals surface area (Å²) >= 11 is 0. The highest BCUT2D eigenvalue weighted by molar-refractivity contribution is 5.95. The van der Waals surface area contributed by atoms with Crippen LogP contribution in [-0.4, -0.2) is 47.5 Å². The Morgan fingerprint density at radius 3 is 2.50 bits per heavy atom. The van der Waals surface area contributed by atoms with E-state index in [1.54, 1.807) is 31.3 Å². The lowest BCUT2D eigenvalue weighted by Crippen LogP contribution is -2.35. The maximum absolute atomic E-state index is 14.0. The fourth-order valence-corrected chi connectivity index (χ4v) is 4.24. The van der Waals surface area contributed by atoms with Gasteiger partial charge in [0.2, 0.25) is 0 Å². The number of rotatable bonds is 5. The molecule has 3 heterocycles. The predicted molar refractivity (Wildman–Crippen MR) is 129 cm³/mol. The van der Waals surface area contributed by atoms with E-state index in [-0.39, 0.29) is 11.5 Å². The molecule has 7 heteroatoms. The van der Waals surface area contributed by atoms with E-state index in [9.17, 15) is 9.18 Å². The van der Waals surface area contributed by atoms with Gasteiger partial charge < -0.3 is 18.8 Å². The number of methoxy groups -OCH3 is 2. The quantitative estimate of drug-likeness (QED) is 0.419. The summed E-state index contributed by atoms with van der Waals surface area (Å²) in [6, 6.07) is 15.9. The van der Waals surface area contributed by atoms with Crippen molar-refractivity contribution in [1.29, 1.82) is 0 Å². The van der Waals surface area contributed by atoms with Gasteiger partial charge in [0, 0.05) is 31.0 Å². The van der Waals surface area contributed by atoms with Gasteiger partial charge in [-0.2, -0.15) is 0 Å². The number of fused-ring (bicyclic) bond motifs is 1. The van der Waals surface area contributed by atoms with E-state index in [4.69, 9.17) is 14.5 Å². The van der Waals surface area contributed by atoms with Crippen LogP contribution in [0.1, 0.15) is 22.3 Å². The van der Waals surface area contributed by atoms with Crippen LogP contribution in [0.15, 0.2) is 73.1 Å². The van der Waals surface area contributed by atoms with E-state index in [1.807, 2.05) is 53.2 Å². The van der Waals surface area contributed by atoms with Crippen molar-refractivity contribution in [3.8, 4) is 22.8 Å². The lowest BCUT2D eigenvalue weighted by molar-refractivity contribution is 0.0768. The number of nitrogens with zero attached hydrogens (tertiary/aromatic N) is 3. The smallest absolute Gasteiger partial charge is 0.257 e. The zero-order chi connectivity index (χ0) is 23.7. The molecule has 34 heavy (non-hydrogen) atoms. The molecule has 0 radical (unpaired) electrons. The lowest BCUT2D eigenvalue weighted by atomic mass is 10.0. The summed E-state index contributed by atoms with van der Waals surface area (Å²) in [6.07, 6.45) is 6.77. The molecule has 0 unspecified atom stereocenters. The fourth-order valence-electron chi connectivity index (χ4n) is 4.24. The standard InChI is InChI=1S/C27H24FN3O3/c1-33-24-9-7-19(15-25(24)34-2)23-17-31-16-20(8-10-26(31)29-23)18-11-13-30(14-12-18)27(32)21-5-3-4-6-22(21)28/h3-11,15-17H,12-14H2,1-2H3. The molecule has 172 valence electrons. The highest BCUT2D eigenvalue weighted by atomic mass is 19.1. The minimum absolute atomic E-state index is 0.113. The summed E-state index contributed by atoms with van der Waals surface area (Å²) in [5.41, 5.74) is 4.94. The van der Waals surface area contributed by atoms with Crippen molar-refractivity contribution in [3.05, 3.63) is 90.0 Å². The molecular weight excluding hydrogens is 433 g/mol. The molecule has 0 bridgehead atoms. The molecule has 0 aliphatic carbocycles. The van der Waals surface area contributed by atoms with Crippen molar-refractivity contribution in [1.82, 2.24) is 14.3 Å². The van der Waals surface area contributed by atoms with Crippen molar-refractivity contribution in [2.45, 2.75) is 6.42 Å². The van der Waals surface area contributed by atoms with Gasteiger partial charge in [0.25, 0.3) is 5.91 Å². The summed E-state index contributed by atoms with van der Waals surface area (Å²) in [7, 11) is 3.22. The minimum Gasteiger partial charge on any atom is -0.493 e. The molecule has 1 aliphatic rings. The lowest BCUT2D eigenvalue weighted by Gasteiger charge is -2.27. The van der Waals surface area contributed by atoms with Gasteiger partial charge in [-0.05, 0) is 60.0 Å². The van der Waals surface area contributed by atoms with Crippen LogP contribution < -0.4 is 9.47 Å². The normalized spacial score (nSPS) is 13.6. The second kappa shape index (κ2) is 9.02. The first-order valence-electron chi connectivity index (χ1n) is 11.0. The number of hydrogen-bond acceptors (Lipinski definition) is 4. The first-order valence-corrected chi connectivity index (χ1v) is 11.0. The van der Waals surface area contributed by atoms with Crippen LogP contribution in [0.25, 0.3) is 22.5 Å². The Labute approximate surface area is 196 Å². The van der Waals surface area contributed by atoms with Gasteiger partial charge in [-0.1, -0.05) is 18.2 Å². The van der Waals surface area contributed by atoms with Crippen LogP contribution in [0, 0.1) is 5.82 Å². The molecule has 0 saturated heterocycles. The van der Waals surface area contributed by atoms with Gasteiger partial charge in [0.1, 0.15) is 11.5 Å². The zero-order valence-corrected chi connectivity index (χ0v) is 19.0. The number of imidazole rings is 1. The monoisotopic (exact) mass is 457 g/mol. The Bertz CT molecular complexity index is 1410. The van der Waals surface area contributed by atoms with E-state index < -0.39 is 5.82 Å². The summed E-state index contributed by atoms with van der Waals surface area (Å²) in [6.45, 7) is 0.985. The maximum atomic E-state index is 14.0. The van der Waals surface area contributed by atoms with Gasteiger partial charge in [-0.15, -0.1) is 0 Å². The van der Waals surface area contributed by atoms with E-state index in [0.29, 0.717) is 31.0 Å². The van der Waals surface area contributed by atoms with Crippen molar-refractivity contribution < 1.29 is 18.7 Å². The largest absolute Gasteiger partial charge is 0.493 e. The maximum Gasteiger partial charge on any atom is 0.257 e. The Kier molecular flexibility index (Phi) is 5.76. The SMILES string of the molecule is COc1ccc(-c2cn3cc(C4=CCN(C(=O)c5ccccc5F)CC4)ccc3n2)cc1OC. The van der Waals surface area contributed by atoms with E-state index in [1.165, 1.54) is 12.1 Å². The summed E-state index contributed by atoms with van der Waals surface area (Å²) in [4.78, 5) is 19.1. The van der Waals surface area contributed by atoms with E-state index in [0.717, 1.165) is 28.0 Å². The summed E-state index contributed by atoms with van der Waals surface area (Å²) < 4.78 is 26.7. The van der Waals surface area contributed by atoms with Crippen molar-refractivity contribution in [2.75, 3.05) is 27.3 Å². The summed E-state index contributed by atoms with van der Waals surface area (Å²) in [5.74, 6) is 0.555. The highest BCUT2D eigenvalue weighted by Crippen LogP contribution is 2.32. The van der Waals surface area contributed by atoms with Crippen LogP contribution in [0.2, 0.25) is 0 Å². The average molecular weight is 458 g/mol. The third kappa shape index (κ3) is 4.01. The number of pyridine rings is 1.